The third-order valence-electron chi connectivity index (χ3n) is 3.94. The van der Waals surface area contributed by atoms with E-state index < -0.39 is 9.84 Å². The summed E-state index contributed by atoms with van der Waals surface area (Å²) in [6, 6.07) is 0. The standard InChI is InChI=1S/C13H21ClN2O3S/c1-9-12(13(14)16(2)15-9)8-20(18,19)7-10-3-5-11(17)6-4-10/h10-11,17H,3-8H2,1-2H3. The zero-order valence-corrected chi connectivity index (χ0v) is 13.4. The summed E-state index contributed by atoms with van der Waals surface area (Å²) in [6.45, 7) is 1.77. The Bertz CT molecular complexity index is 575. The van der Waals surface area contributed by atoms with Crippen LogP contribution in [0.1, 0.15) is 36.9 Å². The van der Waals surface area contributed by atoms with Gasteiger partial charge in [-0.15, -0.1) is 0 Å². The van der Waals surface area contributed by atoms with E-state index in [9.17, 15) is 13.5 Å². The molecule has 1 aliphatic rings. The minimum atomic E-state index is -3.20. The van der Waals surface area contributed by atoms with E-state index >= 15 is 0 Å². The van der Waals surface area contributed by atoms with Crippen molar-refractivity contribution in [3.05, 3.63) is 16.4 Å². The smallest absolute Gasteiger partial charge is 0.154 e. The lowest BCUT2D eigenvalue weighted by atomic mass is 9.89. The summed E-state index contributed by atoms with van der Waals surface area (Å²) in [5.41, 5.74) is 1.27. The van der Waals surface area contributed by atoms with E-state index in [-0.39, 0.29) is 23.5 Å². The molecule has 7 heteroatoms. The van der Waals surface area contributed by atoms with Gasteiger partial charge >= 0.3 is 0 Å². The summed E-state index contributed by atoms with van der Waals surface area (Å²) in [5.74, 6) is 0.272. The summed E-state index contributed by atoms with van der Waals surface area (Å²) in [4.78, 5) is 0. The Morgan fingerprint density at radius 2 is 1.95 bits per heavy atom. The fourth-order valence-electron chi connectivity index (χ4n) is 2.79. The number of aryl methyl sites for hydroxylation is 2. The molecule has 2 rings (SSSR count). The first-order chi connectivity index (χ1) is 9.28. The first-order valence-corrected chi connectivity index (χ1v) is 9.05. The van der Waals surface area contributed by atoms with Crippen LogP contribution in [0.4, 0.5) is 0 Å². The van der Waals surface area contributed by atoms with Gasteiger partial charge in [0.25, 0.3) is 0 Å². The number of rotatable bonds is 4. The maximum atomic E-state index is 12.3. The first-order valence-electron chi connectivity index (χ1n) is 6.85. The van der Waals surface area contributed by atoms with Crippen LogP contribution in [0.25, 0.3) is 0 Å². The second-order valence-electron chi connectivity index (χ2n) is 5.71. The number of hydrogen-bond acceptors (Lipinski definition) is 4. The summed E-state index contributed by atoms with van der Waals surface area (Å²) in [7, 11) is -1.50. The molecule has 0 aromatic carbocycles. The van der Waals surface area contributed by atoms with Crippen molar-refractivity contribution in [3.8, 4) is 0 Å². The van der Waals surface area contributed by atoms with E-state index in [1.54, 1.807) is 14.0 Å². The molecular weight excluding hydrogens is 300 g/mol. The van der Waals surface area contributed by atoms with Gasteiger partial charge in [-0.05, 0) is 38.5 Å². The molecule has 0 spiro atoms. The third-order valence-corrected chi connectivity index (χ3v) is 6.12. The van der Waals surface area contributed by atoms with Crippen molar-refractivity contribution in [1.29, 1.82) is 0 Å². The van der Waals surface area contributed by atoms with Crippen LogP contribution in [-0.2, 0) is 22.6 Å². The lowest BCUT2D eigenvalue weighted by Crippen LogP contribution is -2.25. The second-order valence-corrected chi connectivity index (χ2v) is 8.17. The monoisotopic (exact) mass is 320 g/mol. The summed E-state index contributed by atoms with van der Waals surface area (Å²) in [6.07, 6.45) is 2.70. The number of nitrogens with zero attached hydrogens (tertiary/aromatic N) is 2. The summed E-state index contributed by atoms with van der Waals surface area (Å²) < 4.78 is 26.1. The number of aliphatic hydroxyl groups excluding tert-OH is 1. The number of aliphatic hydroxyl groups is 1. The maximum absolute atomic E-state index is 12.3. The number of sulfone groups is 1. The van der Waals surface area contributed by atoms with Gasteiger partial charge in [0.2, 0.25) is 0 Å². The summed E-state index contributed by atoms with van der Waals surface area (Å²) >= 11 is 6.08. The highest BCUT2D eigenvalue weighted by molar-refractivity contribution is 7.90. The molecule has 114 valence electrons. The highest BCUT2D eigenvalue weighted by atomic mass is 35.5. The van der Waals surface area contributed by atoms with Crippen LogP contribution < -0.4 is 0 Å². The van der Waals surface area contributed by atoms with Crippen molar-refractivity contribution >= 4 is 21.4 Å². The van der Waals surface area contributed by atoms with Gasteiger partial charge in [-0.1, -0.05) is 11.6 Å². The van der Waals surface area contributed by atoms with Crippen LogP contribution >= 0.6 is 11.6 Å². The van der Waals surface area contributed by atoms with Crippen molar-refractivity contribution in [2.75, 3.05) is 5.75 Å². The SMILES string of the molecule is Cc1nn(C)c(Cl)c1CS(=O)(=O)CC1CCC(O)CC1. The fraction of sp³-hybridized carbons (Fsp3) is 0.769. The Hall–Kier alpha value is -0.590. The molecule has 0 radical (unpaired) electrons. The Kier molecular flexibility index (Phi) is 4.76. The molecule has 1 aromatic heterocycles. The van der Waals surface area contributed by atoms with Crippen molar-refractivity contribution in [1.82, 2.24) is 9.78 Å². The van der Waals surface area contributed by atoms with Crippen LogP contribution in [-0.4, -0.2) is 35.2 Å². The molecule has 20 heavy (non-hydrogen) atoms. The molecule has 1 aromatic rings. The molecular formula is C13H21ClN2O3S. The van der Waals surface area contributed by atoms with Crippen LogP contribution in [0.5, 0.6) is 0 Å². The summed E-state index contributed by atoms with van der Waals surface area (Å²) in [5, 5.41) is 14.0. The van der Waals surface area contributed by atoms with Crippen LogP contribution in [0.3, 0.4) is 0 Å². The average molecular weight is 321 g/mol. The molecule has 0 unspecified atom stereocenters. The molecule has 0 amide bonds. The molecule has 0 aliphatic heterocycles. The lowest BCUT2D eigenvalue weighted by Gasteiger charge is -2.25. The molecule has 1 saturated carbocycles. The number of hydrogen-bond donors (Lipinski definition) is 1. The maximum Gasteiger partial charge on any atom is 0.154 e. The van der Waals surface area contributed by atoms with Gasteiger partial charge in [0, 0.05) is 12.6 Å². The van der Waals surface area contributed by atoms with Gasteiger partial charge in [-0.25, -0.2) is 8.42 Å². The molecule has 0 saturated heterocycles. The molecule has 1 fully saturated rings. The predicted octanol–water partition coefficient (Wildman–Crippen LogP) is 1.85. The Morgan fingerprint density at radius 3 is 2.45 bits per heavy atom. The molecule has 5 nitrogen and oxygen atoms in total. The van der Waals surface area contributed by atoms with Crippen molar-refractivity contribution in [2.45, 2.75) is 44.5 Å². The van der Waals surface area contributed by atoms with Crippen LogP contribution in [0.15, 0.2) is 0 Å². The zero-order valence-electron chi connectivity index (χ0n) is 11.8. The van der Waals surface area contributed by atoms with E-state index in [4.69, 9.17) is 11.6 Å². The Morgan fingerprint density at radius 1 is 1.35 bits per heavy atom. The minimum absolute atomic E-state index is 0.0510. The van der Waals surface area contributed by atoms with Gasteiger partial charge in [-0.2, -0.15) is 5.10 Å². The molecule has 0 atom stereocenters. The number of aromatic nitrogens is 2. The van der Waals surface area contributed by atoms with Gasteiger partial charge < -0.3 is 5.11 Å². The molecule has 0 bridgehead atoms. The molecule has 1 N–H and O–H groups in total. The first kappa shape index (κ1) is 15.8. The van der Waals surface area contributed by atoms with Crippen LogP contribution in [0.2, 0.25) is 5.15 Å². The highest BCUT2D eigenvalue weighted by Gasteiger charge is 2.26. The topological polar surface area (TPSA) is 72.2 Å². The van der Waals surface area contributed by atoms with E-state index in [0.717, 1.165) is 12.8 Å². The van der Waals surface area contributed by atoms with E-state index in [1.165, 1.54) is 4.68 Å². The van der Waals surface area contributed by atoms with Crippen molar-refractivity contribution in [3.63, 3.8) is 0 Å². The zero-order chi connectivity index (χ0) is 14.9. The quantitative estimate of drug-likeness (QED) is 0.919. The lowest BCUT2D eigenvalue weighted by molar-refractivity contribution is 0.113. The molecule has 1 aliphatic carbocycles. The van der Waals surface area contributed by atoms with Gasteiger partial charge in [-0.3, -0.25) is 4.68 Å². The van der Waals surface area contributed by atoms with E-state index in [0.29, 0.717) is 29.3 Å². The minimum Gasteiger partial charge on any atom is -0.393 e. The van der Waals surface area contributed by atoms with E-state index in [1.807, 2.05) is 0 Å². The van der Waals surface area contributed by atoms with Gasteiger partial charge in [0.1, 0.15) is 5.15 Å². The van der Waals surface area contributed by atoms with Crippen LogP contribution in [0, 0.1) is 12.8 Å². The van der Waals surface area contributed by atoms with E-state index in [2.05, 4.69) is 5.10 Å². The fourth-order valence-corrected chi connectivity index (χ4v) is 5.06. The highest BCUT2D eigenvalue weighted by Crippen LogP contribution is 2.28. The third kappa shape index (κ3) is 3.74. The predicted molar refractivity (Wildman–Crippen MR) is 78.4 cm³/mol. The van der Waals surface area contributed by atoms with Crippen molar-refractivity contribution in [2.24, 2.45) is 13.0 Å². The normalized spacial score (nSPS) is 24.0. The average Bonchev–Trinajstić information content (AvgIpc) is 2.58. The van der Waals surface area contributed by atoms with Gasteiger partial charge in [0.15, 0.2) is 9.84 Å². The second kappa shape index (κ2) is 6.03. The largest absolute Gasteiger partial charge is 0.393 e. The Labute approximate surface area is 124 Å². The number of halogens is 1. The van der Waals surface area contributed by atoms with Gasteiger partial charge in [0.05, 0.1) is 23.3 Å². The Balaban J connectivity index is 2.04. The van der Waals surface area contributed by atoms with Crippen molar-refractivity contribution < 1.29 is 13.5 Å². The molecule has 1 heterocycles.